The van der Waals surface area contributed by atoms with Gasteiger partial charge in [0.2, 0.25) is 5.96 Å². The van der Waals surface area contributed by atoms with Crippen molar-refractivity contribution in [3.63, 3.8) is 0 Å². The lowest BCUT2D eigenvalue weighted by Gasteiger charge is -2.25. The first-order valence-electron chi connectivity index (χ1n) is 8.94. The number of H-pyrrole nitrogens is 1. The van der Waals surface area contributed by atoms with E-state index in [1.165, 1.54) is 17.0 Å². The van der Waals surface area contributed by atoms with E-state index in [2.05, 4.69) is 20.8 Å². The Kier molecular flexibility index (Phi) is 4.86. The van der Waals surface area contributed by atoms with E-state index in [-0.39, 0.29) is 23.7 Å². The average Bonchev–Trinajstić information content (AvgIpc) is 3.43. The number of carbonyl (C=O) groups excluding carboxylic acids is 1. The summed E-state index contributed by atoms with van der Waals surface area (Å²) >= 11 is 0. The number of hydrazone groups is 1. The molecule has 2 aromatic rings. The third kappa shape index (κ3) is 3.38. The van der Waals surface area contributed by atoms with Gasteiger partial charge in [-0.1, -0.05) is 6.07 Å². The number of hydrogen-bond acceptors (Lipinski definition) is 6. The molecule has 0 aliphatic carbocycles. The molecule has 1 fully saturated rings. The zero-order valence-electron chi connectivity index (χ0n) is 14.9. The van der Waals surface area contributed by atoms with E-state index < -0.39 is 17.8 Å². The summed E-state index contributed by atoms with van der Waals surface area (Å²) in [6.45, 7) is 1.15. The lowest BCUT2D eigenvalue weighted by molar-refractivity contribution is 0.0854. The lowest BCUT2D eigenvalue weighted by Crippen LogP contribution is -2.38. The third-order valence-corrected chi connectivity index (χ3v) is 4.78. The minimum atomic E-state index is -1.03. The molecule has 1 saturated heterocycles. The van der Waals surface area contributed by atoms with Crippen molar-refractivity contribution in [2.45, 2.75) is 25.1 Å². The first-order valence-corrected chi connectivity index (χ1v) is 8.94. The molecule has 2 aliphatic heterocycles. The number of aromatic nitrogens is 1. The van der Waals surface area contributed by atoms with Gasteiger partial charge in [-0.05, 0) is 31.0 Å². The number of aromatic amines is 1. The highest BCUT2D eigenvalue weighted by Crippen LogP contribution is 2.31. The highest BCUT2D eigenvalue weighted by atomic mass is 19.2. The van der Waals surface area contributed by atoms with Gasteiger partial charge in [0.25, 0.3) is 5.91 Å². The molecule has 4 rings (SSSR count). The smallest absolute Gasteiger partial charge is 0.267 e. The van der Waals surface area contributed by atoms with Gasteiger partial charge in [-0.3, -0.25) is 15.1 Å². The van der Waals surface area contributed by atoms with E-state index >= 15 is 0 Å². The maximum absolute atomic E-state index is 14.3. The summed E-state index contributed by atoms with van der Waals surface area (Å²) in [4.78, 5) is 16.6. The van der Waals surface area contributed by atoms with Crippen molar-refractivity contribution in [3.05, 3.63) is 53.4 Å². The molecule has 1 aromatic carbocycles. The number of nitrogens with zero attached hydrogens (tertiary/aromatic N) is 2. The van der Waals surface area contributed by atoms with Crippen LogP contribution in [0.4, 0.5) is 14.5 Å². The molecular formula is C18H20F2N6O2. The van der Waals surface area contributed by atoms with Gasteiger partial charge in [0, 0.05) is 24.9 Å². The summed E-state index contributed by atoms with van der Waals surface area (Å²) in [5.74, 6) is -2.31. The first-order chi connectivity index (χ1) is 13.5. The summed E-state index contributed by atoms with van der Waals surface area (Å²) in [7, 11) is 0. The van der Waals surface area contributed by atoms with E-state index in [4.69, 9.17) is 10.5 Å². The molecule has 148 valence electrons. The molecule has 2 atom stereocenters. The zero-order valence-corrected chi connectivity index (χ0v) is 14.9. The number of guanidine groups is 1. The van der Waals surface area contributed by atoms with E-state index in [9.17, 15) is 13.6 Å². The number of amides is 1. The van der Waals surface area contributed by atoms with Crippen LogP contribution in [-0.4, -0.2) is 36.1 Å². The van der Waals surface area contributed by atoms with Gasteiger partial charge in [0.15, 0.2) is 11.6 Å². The van der Waals surface area contributed by atoms with Crippen molar-refractivity contribution in [3.8, 4) is 0 Å². The number of nitrogens with one attached hydrogen (secondary N) is 3. The fourth-order valence-corrected chi connectivity index (χ4v) is 3.34. The molecule has 0 saturated carbocycles. The van der Waals surface area contributed by atoms with Crippen LogP contribution in [-0.2, 0) is 4.74 Å². The number of hydrogen-bond donors (Lipinski definition) is 4. The molecule has 10 heteroatoms. The van der Waals surface area contributed by atoms with Crippen molar-refractivity contribution in [1.82, 2.24) is 15.7 Å². The van der Waals surface area contributed by atoms with Crippen LogP contribution in [0.5, 0.6) is 0 Å². The Morgan fingerprint density at radius 1 is 1.43 bits per heavy atom. The maximum Gasteiger partial charge on any atom is 0.267 e. The van der Waals surface area contributed by atoms with Gasteiger partial charge >= 0.3 is 0 Å². The molecule has 0 radical (unpaired) electrons. The average molecular weight is 390 g/mol. The fourth-order valence-electron chi connectivity index (χ4n) is 3.34. The van der Waals surface area contributed by atoms with Crippen LogP contribution in [0.2, 0.25) is 0 Å². The zero-order chi connectivity index (χ0) is 19.7. The molecule has 0 bridgehead atoms. The Morgan fingerprint density at radius 2 is 2.29 bits per heavy atom. The second-order valence-corrected chi connectivity index (χ2v) is 6.64. The van der Waals surface area contributed by atoms with Crippen LogP contribution in [0, 0.1) is 11.6 Å². The van der Waals surface area contributed by atoms with Crippen molar-refractivity contribution in [1.29, 1.82) is 0 Å². The van der Waals surface area contributed by atoms with Crippen LogP contribution < -0.4 is 21.4 Å². The molecule has 0 spiro atoms. The van der Waals surface area contributed by atoms with Crippen molar-refractivity contribution in [2.24, 2.45) is 10.8 Å². The molecule has 1 aromatic heterocycles. The Bertz CT molecular complexity index is 909. The number of rotatable bonds is 5. The number of benzene rings is 1. The van der Waals surface area contributed by atoms with E-state index in [0.29, 0.717) is 24.4 Å². The highest BCUT2D eigenvalue weighted by molar-refractivity contribution is 5.97. The van der Waals surface area contributed by atoms with Crippen LogP contribution in [0.1, 0.15) is 35.1 Å². The number of nitrogens with two attached hydrogens (primary N) is 1. The molecular weight excluding hydrogens is 370 g/mol. The van der Waals surface area contributed by atoms with Crippen molar-refractivity contribution in [2.75, 3.05) is 18.1 Å². The summed E-state index contributed by atoms with van der Waals surface area (Å²) in [6.07, 6.45) is 2.86. The number of ether oxygens (including phenoxy) is 1. The van der Waals surface area contributed by atoms with Gasteiger partial charge in [0.1, 0.15) is 11.9 Å². The lowest BCUT2D eigenvalue weighted by atomic mass is 10.2. The predicted molar refractivity (Wildman–Crippen MR) is 98.4 cm³/mol. The van der Waals surface area contributed by atoms with Crippen LogP contribution >= 0.6 is 0 Å². The maximum atomic E-state index is 14.3. The summed E-state index contributed by atoms with van der Waals surface area (Å²) in [5.41, 5.74) is 9.51. The number of carbonyl (C=O) groups is 1. The topological polar surface area (TPSA) is 108 Å². The molecule has 28 heavy (non-hydrogen) atoms. The minimum absolute atomic E-state index is 0.0138. The fraction of sp³-hybridized carbons (Fsp3) is 0.333. The van der Waals surface area contributed by atoms with Crippen molar-refractivity contribution >= 4 is 17.6 Å². The van der Waals surface area contributed by atoms with Crippen LogP contribution in [0.3, 0.4) is 0 Å². The largest absolute Gasteiger partial charge is 0.376 e. The Hall–Kier alpha value is -3.14. The second-order valence-electron chi connectivity index (χ2n) is 6.64. The van der Waals surface area contributed by atoms with E-state index in [0.717, 1.165) is 18.9 Å². The molecule has 8 nitrogen and oxygen atoms in total. The molecule has 2 aliphatic rings. The van der Waals surface area contributed by atoms with Crippen LogP contribution in [0.25, 0.3) is 0 Å². The van der Waals surface area contributed by atoms with Gasteiger partial charge in [0.05, 0.1) is 11.8 Å². The highest BCUT2D eigenvalue weighted by Gasteiger charge is 2.32. The monoisotopic (exact) mass is 390 g/mol. The quantitative estimate of drug-likeness (QED) is 0.620. The normalized spacial score (nSPS) is 21.5. The summed E-state index contributed by atoms with van der Waals surface area (Å²) in [5, 5.41) is 6.74. The Morgan fingerprint density at radius 3 is 3.07 bits per heavy atom. The van der Waals surface area contributed by atoms with Gasteiger partial charge in [-0.25, -0.2) is 8.78 Å². The van der Waals surface area contributed by atoms with Gasteiger partial charge < -0.3 is 20.8 Å². The Balaban J connectivity index is 1.50. The van der Waals surface area contributed by atoms with Crippen LogP contribution in [0.15, 0.2) is 35.6 Å². The van der Waals surface area contributed by atoms with Gasteiger partial charge in [-0.15, -0.1) is 5.10 Å². The molecule has 1 unspecified atom stereocenters. The SMILES string of the molecule is NC1=NNC(c2c[nH]c(C(=O)NC[C@@H]3CCCO3)c2)N1c1cccc(F)c1F. The number of halogens is 2. The molecule has 5 N–H and O–H groups in total. The third-order valence-electron chi connectivity index (χ3n) is 4.78. The van der Waals surface area contributed by atoms with E-state index in [1.807, 2.05) is 0 Å². The summed E-state index contributed by atoms with van der Waals surface area (Å²) in [6, 6.07) is 5.43. The van der Waals surface area contributed by atoms with E-state index in [1.54, 1.807) is 12.3 Å². The van der Waals surface area contributed by atoms with Gasteiger partial charge in [-0.2, -0.15) is 0 Å². The Labute approximate surface area is 159 Å². The second kappa shape index (κ2) is 7.47. The van der Waals surface area contributed by atoms with Crippen molar-refractivity contribution < 1.29 is 18.3 Å². The first kappa shape index (κ1) is 18.2. The minimum Gasteiger partial charge on any atom is -0.376 e. The summed E-state index contributed by atoms with van der Waals surface area (Å²) < 4.78 is 33.4. The number of anilines is 1. The predicted octanol–water partition coefficient (Wildman–Crippen LogP) is 1.54. The molecule has 1 amide bonds. The standard InChI is InChI=1S/C18H20F2N6O2/c19-12-4-1-5-14(15(12)20)26-16(24-25-18(26)21)10-7-13(22-8-10)17(27)23-9-11-3-2-6-28-11/h1,4-5,7-8,11,16,22,24H,2-3,6,9H2,(H2,21,25)(H,23,27)/t11-,16?/m0/s1. The molecule has 3 heterocycles.